The third kappa shape index (κ3) is 2.92. The average molecular weight is 235 g/mol. The number of hydrogen-bond acceptors (Lipinski definition) is 1. The van der Waals surface area contributed by atoms with Gasteiger partial charge in [0.15, 0.2) is 0 Å². The van der Waals surface area contributed by atoms with E-state index in [9.17, 15) is 5.11 Å². The molecule has 1 aliphatic carbocycles. The molecule has 96 valence electrons. The van der Waals surface area contributed by atoms with E-state index in [1.54, 1.807) is 0 Å². The monoisotopic (exact) mass is 235 g/mol. The molecule has 1 unspecified atom stereocenters. The highest BCUT2D eigenvalue weighted by Gasteiger charge is 2.32. The van der Waals surface area contributed by atoms with Gasteiger partial charge in [-0.3, -0.25) is 0 Å². The molecule has 0 radical (unpaired) electrons. The first-order valence-corrected chi connectivity index (χ1v) is 6.79. The number of nitrogens with one attached hydrogen (secondary N) is 1. The fourth-order valence-electron chi connectivity index (χ4n) is 3.09. The predicted octanol–water partition coefficient (Wildman–Crippen LogP) is 3.90. The molecule has 1 aliphatic rings. The minimum absolute atomic E-state index is 0.276. The summed E-state index contributed by atoms with van der Waals surface area (Å²) in [5, 5.41) is 10.3. The smallest absolute Gasteiger partial charge is 0.0832 e. The van der Waals surface area contributed by atoms with Gasteiger partial charge in [0.05, 0.1) is 6.10 Å². The third-order valence-corrected chi connectivity index (χ3v) is 4.41. The molecule has 2 N–H and O–H groups in total. The highest BCUT2D eigenvalue weighted by Crippen LogP contribution is 2.43. The summed E-state index contributed by atoms with van der Waals surface area (Å²) in [5.41, 5.74) is 1.47. The molecular weight excluding hydrogens is 210 g/mol. The first-order valence-electron chi connectivity index (χ1n) is 6.79. The minimum atomic E-state index is -0.276. The first-order chi connectivity index (χ1) is 7.98. The van der Waals surface area contributed by atoms with Gasteiger partial charge in [0.2, 0.25) is 0 Å². The van der Waals surface area contributed by atoms with E-state index in [0.29, 0.717) is 11.3 Å². The lowest BCUT2D eigenvalue weighted by Crippen LogP contribution is -2.28. The van der Waals surface area contributed by atoms with E-state index in [2.05, 4.69) is 25.8 Å². The topological polar surface area (TPSA) is 36.0 Å². The SMILES string of the molecule is CC(C)(C)C1CCC(C(O)c2cc[nH]c2)CC1. The molecule has 2 rings (SSSR count). The zero-order valence-electron chi connectivity index (χ0n) is 11.2. The number of rotatable bonds is 2. The van der Waals surface area contributed by atoms with Gasteiger partial charge >= 0.3 is 0 Å². The number of H-pyrrole nitrogens is 1. The molecule has 2 nitrogen and oxygen atoms in total. The van der Waals surface area contributed by atoms with Crippen molar-refractivity contribution in [1.82, 2.24) is 4.98 Å². The highest BCUT2D eigenvalue weighted by atomic mass is 16.3. The Kier molecular flexibility index (Phi) is 3.62. The molecule has 1 heterocycles. The zero-order chi connectivity index (χ0) is 12.5. The largest absolute Gasteiger partial charge is 0.388 e. The lowest BCUT2D eigenvalue weighted by atomic mass is 9.68. The standard InChI is InChI=1S/C15H25NO/c1-15(2,3)13-6-4-11(5-7-13)14(17)12-8-9-16-10-12/h8-11,13-14,16-17H,4-7H2,1-3H3. The van der Waals surface area contributed by atoms with Crippen LogP contribution in [0.5, 0.6) is 0 Å². The van der Waals surface area contributed by atoms with Crippen LogP contribution in [0, 0.1) is 17.3 Å². The van der Waals surface area contributed by atoms with Crippen molar-refractivity contribution in [3.05, 3.63) is 24.0 Å². The van der Waals surface area contributed by atoms with Crippen LogP contribution in [-0.4, -0.2) is 10.1 Å². The van der Waals surface area contributed by atoms with Gasteiger partial charge in [-0.1, -0.05) is 20.8 Å². The summed E-state index contributed by atoms with van der Waals surface area (Å²) in [7, 11) is 0. The minimum Gasteiger partial charge on any atom is -0.388 e. The molecule has 0 spiro atoms. The number of aromatic nitrogens is 1. The van der Waals surface area contributed by atoms with Crippen LogP contribution in [0.2, 0.25) is 0 Å². The van der Waals surface area contributed by atoms with E-state index >= 15 is 0 Å². The Labute approximate surface area is 104 Å². The van der Waals surface area contributed by atoms with Crippen molar-refractivity contribution >= 4 is 0 Å². The van der Waals surface area contributed by atoms with Crippen molar-refractivity contribution in [2.24, 2.45) is 17.3 Å². The quantitative estimate of drug-likeness (QED) is 0.801. The molecule has 1 atom stereocenters. The van der Waals surface area contributed by atoms with Crippen molar-refractivity contribution in [3.63, 3.8) is 0 Å². The van der Waals surface area contributed by atoms with Crippen LogP contribution in [0.15, 0.2) is 18.5 Å². The maximum absolute atomic E-state index is 10.3. The molecule has 1 saturated carbocycles. The van der Waals surface area contributed by atoms with Gasteiger partial charge in [-0.2, -0.15) is 0 Å². The van der Waals surface area contributed by atoms with Crippen LogP contribution in [0.3, 0.4) is 0 Å². The molecule has 1 aromatic rings. The molecule has 0 aliphatic heterocycles. The lowest BCUT2D eigenvalue weighted by molar-refractivity contribution is 0.0529. The Hall–Kier alpha value is -0.760. The molecule has 0 amide bonds. The third-order valence-electron chi connectivity index (χ3n) is 4.41. The van der Waals surface area contributed by atoms with Crippen LogP contribution in [0.25, 0.3) is 0 Å². The van der Waals surface area contributed by atoms with Gasteiger partial charge in [0.25, 0.3) is 0 Å². The van der Waals surface area contributed by atoms with E-state index in [0.717, 1.165) is 24.3 Å². The van der Waals surface area contributed by atoms with Crippen LogP contribution in [-0.2, 0) is 0 Å². The Morgan fingerprint density at radius 2 is 1.88 bits per heavy atom. The van der Waals surface area contributed by atoms with Crippen molar-refractivity contribution in [2.45, 2.75) is 52.6 Å². The Bertz CT molecular complexity index is 328. The van der Waals surface area contributed by atoms with Crippen molar-refractivity contribution in [1.29, 1.82) is 0 Å². The van der Waals surface area contributed by atoms with Gasteiger partial charge in [-0.05, 0) is 54.6 Å². The molecule has 0 aromatic carbocycles. The summed E-state index contributed by atoms with van der Waals surface area (Å²) >= 11 is 0. The summed E-state index contributed by atoms with van der Waals surface area (Å²) in [6, 6.07) is 1.99. The predicted molar refractivity (Wildman–Crippen MR) is 70.7 cm³/mol. The molecule has 2 heteroatoms. The average Bonchev–Trinajstić information content (AvgIpc) is 2.80. The number of hydrogen-bond donors (Lipinski definition) is 2. The second kappa shape index (κ2) is 4.85. The Morgan fingerprint density at radius 1 is 1.24 bits per heavy atom. The maximum Gasteiger partial charge on any atom is 0.0832 e. The van der Waals surface area contributed by atoms with E-state index in [-0.39, 0.29) is 6.10 Å². The van der Waals surface area contributed by atoms with Crippen LogP contribution in [0.1, 0.15) is 58.1 Å². The summed E-state index contributed by atoms with van der Waals surface area (Å²) in [6.45, 7) is 7.00. The van der Waals surface area contributed by atoms with Crippen molar-refractivity contribution in [3.8, 4) is 0 Å². The van der Waals surface area contributed by atoms with E-state index in [4.69, 9.17) is 0 Å². The molecule has 1 fully saturated rings. The second-order valence-electron chi connectivity index (χ2n) is 6.57. The first kappa shape index (κ1) is 12.7. The molecule has 1 aromatic heterocycles. The normalized spacial score (nSPS) is 28.0. The van der Waals surface area contributed by atoms with Gasteiger partial charge in [0.1, 0.15) is 0 Å². The lowest BCUT2D eigenvalue weighted by Gasteiger charge is -2.38. The highest BCUT2D eigenvalue weighted by molar-refractivity contribution is 5.13. The zero-order valence-corrected chi connectivity index (χ0v) is 11.2. The van der Waals surface area contributed by atoms with Gasteiger partial charge in [0, 0.05) is 12.4 Å². The Morgan fingerprint density at radius 3 is 2.35 bits per heavy atom. The molecule has 17 heavy (non-hydrogen) atoms. The van der Waals surface area contributed by atoms with Crippen LogP contribution < -0.4 is 0 Å². The van der Waals surface area contributed by atoms with Crippen LogP contribution in [0.4, 0.5) is 0 Å². The number of aliphatic hydroxyl groups excluding tert-OH is 1. The number of aromatic amines is 1. The molecule has 0 saturated heterocycles. The fraction of sp³-hybridized carbons (Fsp3) is 0.733. The van der Waals surface area contributed by atoms with Crippen molar-refractivity contribution < 1.29 is 5.11 Å². The van der Waals surface area contributed by atoms with E-state index in [1.165, 1.54) is 12.8 Å². The fourth-order valence-corrected chi connectivity index (χ4v) is 3.09. The Balaban J connectivity index is 1.91. The summed E-state index contributed by atoms with van der Waals surface area (Å²) in [5.74, 6) is 1.27. The van der Waals surface area contributed by atoms with Gasteiger partial charge in [-0.25, -0.2) is 0 Å². The second-order valence-corrected chi connectivity index (χ2v) is 6.57. The summed E-state index contributed by atoms with van der Waals surface area (Å²) < 4.78 is 0. The molecular formula is C15H25NO. The summed E-state index contributed by atoms with van der Waals surface area (Å²) in [6.07, 6.45) is 8.37. The number of aliphatic hydroxyl groups is 1. The van der Waals surface area contributed by atoms with Crippen LogP contribution >= 0.6 is 0 Å². The van der Waals surface area contributed by atoms with Gasteiger partial charge < -0.3 is 10.1 Å². The van der Waals surface area contributed by atoms with E-state index < -0.39 is 0 Å². The van der Waals surface area contributed by atoms with Crippen molar-refractivity contribution in [2.75, 3.05) is 0 Å². The van der Waals surface area contributed by atoms with Gasteiger partial charge in [-0.15, -0.1) is 0 Å². The molecule has 0 bridgehead atoms. The summed E-state index contributed by atoms with van der Waals surface area (Å²) in [4.78, 5) is 3.02. The maximum atomic E-state index is 10.3. The van der Waals surface area contributed by atoms with E-state index in [1.807, 2.05) is 18.5 Å².